The van der Waals surface area contributed by atoms with Crippen LogP contribution >= 0.6 is 11.6 Å². The van der Waals surface area contributed by atoms with E-state index < -0.39 is 28.4 Å². The van der Waals surface area contributed by atoms with Gasteiger partial charge in [-0.25, -0.2) is 9.69 Å². The van der Waals surface area contributed by atoms with Crippen molar-refractivity contribution in [3.05, 3.63) is 23.8 Å². The topological polar surface area (TPSA) is 79.6 Å². The van der Waals surface area contributed by atoms with Gasteiger partial charge in [0.05, 0.1) is 24.3 Å². The van der Waals surface area contributed by atoms with E-state index in [-0.39, 0.29) is 6.42 Å². The number of hydrogen-bond acceptors (Lipinski definition) is 5. The molecule has 0 aliphatic carbocycles. The number of hydrogen-bond donors (Lipinski definition) is 0. The fourth-order valence-corrected chi connectivity index (χ4v) is 3.15. The van der Waals surface area contributed by atoms with E-state index in [1.165, 1.54) is 7.11 Å². The highest BCUT2D eigenvalue weighted by atomic mass is 35.5. The molecule has 2 amide bonds. The van der Waals surface area contributed by atoms with Crippen molar-refractivity contribution in [1.82, 2.24) is 0 Å². The van der Waals surface area contributed by atoms with Gasteiger partial charge in [0.1, 0.15) is 16.7 Å². The van der Waals surface area contributed by atoms with Crippen LogP contribution in [0, 0.1) is 11.3 Å². The van der Waals surface area contributed by atoms with Gasteiger partial charge in [-0.3, -0.25) is 4.79 Å². The zero-order valence-corrected chi connectivity index (χ0v) is 15.7. The molecule has 25 heavy (non-hydrogen) atoms. The summed E-state index contributed by atoms with van der Waals surface area (Å²) in [6, 6.07) is 6.92. The van der Waals surface area contributed by atoms with E-state index in [0.29, 0.717) is 17.0 Å². The Kier molecular flexibility index (Phi) is 5.01. The number of ether oxygens (including phenoxy) is 2. The fraction of sp³-hybridized carbons (Fsp3) is 0.500. The van der Waals surface area contributed by atoms with Gasteiger partial charge in [0.25, 0.3) is 0 Å². The fourth-order valence-electron chi connectivity index (χ4n) is 2.84. The van der Waals surface area contributed by atoms with Crippen LogP contribution in [-0.2, 0) is 14.9 Å². The molecule has 0 unspecified atom stereocenters. The largest absolute Gasteiger partial charge is 0.497 e. The Balaban J connectivity index is 2.55. The first-order valence-corrected chi connectivity index (χ1v) is 8.27. The van der Waals surface area contributed by atoms with Crippen molar-refractivity contribution in [3.8, 4) is 11.8 Å². The number of methoxy groups -OCH3 is 1. The number of carbonyl (C=O) groups is 2. The van der Waals surface area contributed by atoms with Crippen LogP contribution < -0.4 is 9.64 Å². The number of fused-ring (bicyclic) bond motifs is 1. The lowest BCUT2D eigenvalue weighted by Gasteiger charge is -2.26. The first kappa shape index (κ1) is 19.1. The summed E-state index contributed by atoms with van der Waals surface area (Å²) in [5.74, 6) is 0.0813. The van der Waals surface area contributed by atoms with E-state index in [2.05, 4.69) is 0 Å². The monoisotopic (exact) mass is 364 g/mol. The van der Waals surface area contributed by atoms with Crippen LogP contribution in [-0.4, -0.2) is 30.1 Å². The third-order valence-electron chi connectivity index (χ3n) is 4.02. The molecule has 1 aromatic carbocycles. The SMILES string of the molecule is COc1ccc2c(c1)[C@](C)(C[C@H](Cl)C#N)C(=O)N2C(=O)OC(C)(C)C. The minimum atomic E-state index is -1.12. The summed E-state index contributed by atoms with van der Waals surface area (Å²) in [6.07, 6.45) is -0.681. The molecule has 6 nitrogen and oxygen atoms in total. The number of carbonyl (C=O) groups excluding carboxylic acids is 2. The van der Waals surface area contributed by atoms with Crippen molar-refractivity contribution in [3.63, 3.8) is 0 Å². The van der Waals surface area contributed by atoms with Crippen molar-refractivity contribution in [2.75, 3.05) is 12.0 Å². The quantitative estimate of drug-likeness (QED) is 0.763. The molecule has 1 heterocycles. The van der Waals surface area contributed by atoms with Gasteiger partial charge in [-0.15, -0.1) is 11.6 Å². The number of anilines is 1. The zero-order chi connectivity index (χ0) is 19.0. The normalized spacial score (nSPS) is 20.7. The lowest BCUT2D eigenvalue weighted by atomic mass is 9.79. The molecule has 134 valence electrons. The van der Waals surface area contributed by atoms with E-state index in [1.807, 2.05) is 6.07 Å². The minimum absolute atomic E-state index is 0.0728. The summed E-state index contributed by atoms with van der Waals surface area (Å²) in [4.78, 5) is 26.7. The molecule has 0 saturated heterocycles. The van der Waals surface area contributed by atoms with Gasteiger partial charge in [-0.1, -0.05) is 0 Å². The lowest BCUT2D eigenvalue weighted by Crippen LogP contribution is -2.44. The molecule has 0 aromatic heterocycles. The molecule has 0 fully saturated rings. The summed E-state index contributed by atoms with van der Waals surface area (Å²) < 4.78 is 10.6. The van der Waals surface area contributed by atoms with E-state index in [1.54, 1.807) is 45.9 Å². The minimum Gasteiger partial charge on any atom is -0.497 e. The smallest absolute Gasteiger partial charge is 0.421 e. The summed E-state index contributed by atoms with van der Waals surface area (Å²) in [7, 11) is 1.51. The van der Waals surface area contributed by atoms with Crippen LogP contribution in [0.2, 0.25) is 0 Å². The van der Waals surface area contributed by atoms with Gasteiger partial charge < -0.3 is 9.47 Å². The first-order chi connectivity index (χ1) is 11.5. The average Bonchev–Trinajstić information content (AvgIpc) is 2.73. The van der Waals surface area contributed by atoms with Crippen LogP contribution in [0.1, 0.15) is 39.7 Å². The van der Waals surface area contributed by atoms with E-state index in [9.17, 15) is 9.59 Å². The van der Waals surface area contributed by atoms with Crippen molar-refractivity contribution in [2.45, 2.75) is 50.5 Å². The van der Waals surface area contributed by atoms with Crippen molar-refractivity contribution in [2.24, 2.45) is 0 Å². The van der Waals surface area contributed by atoms with Crippen LogP contribution in [0.4, 0.5) is 10.5 Å². The molecule has 0 bridgehead atoms. The highest BCUT2D eigenvalue weighted by Gasteiger charge is 2.51. The van der Waals surface area contributed by atoms with Crippen LogP contribution in [0.15, 0.2) is 18.2 Å². The van der Waals surface area contributed by atoms with Crippen LogP contribution in [0.3, 0.4) is 0 Å². The molecule has 1 aliphatic rings. The lowest BCUT2D eigenvalue weighted by molar-refractivity contribution is -0.122. The summed E-state index contributed by atoms with van der Waals surface area (Å²) >= 11 is 5.99. The maximum Gasteiger partial charge on any atom is 0.421 e. The molecule has 0 saturated carbocycles. The van der Waals surface area contributed by atoms with Crippen LogP contribution in [0.25, 0.3) is 0 Å². The summed E-state index contributed by atoms with van der Waals surface area (Å²) in [5, 5.41) is 8.18. The molecule has 0 radical (unpaired) electrons. The molecule has 1 aromatic rings. The highest BCUT2D eigenvalue weighted by Crippen LogP contribution is 2.47. The Labute approximate surface area is 152 Å². The molecule has 2 atom stereocenters. The number of halogens is 1. The van der Waals surface area contributed by atoms with E-state index in [4.69, 9.17) is 26.3 Å². The summed E-state index contributed by atoms with van der Waals surface area (Å²) in [5.41, 5.74) is -0.860. The Morgan fingerprint density at radius 1 is 1.44 bits per heavy atom. The zero-order valence-electron chi connectivity index (χ0n) is 14.9. The van der Waals surface area contributed by atoms with Crippen molar-refractivity contribution < 1.29 is 19.1 Å². The van der Waals surface area contributed by atoms with E-state index in [0.717, 1.165) is 4.90 Å². The first-order valence-electron chi connectivity index (χ1n) is 7.83. The second kappa shape index (κ2) is 6.57. The molecule has 7 heteroatoms. The number of nitrogens with zero attached hydrogens (tertiary/aromatic N) is 2. The molecule has 0 N–H and O–H groups in total. The molecule has 0 spiro atoms. The molecular weight excluding hydrogens is 344 g/mol. The van der Waals surface area contributed by atoms with Crippen LogP contribution in [0.5, 0.6) is 5.75 Å². The summed E-state index contributed by atoms with van der Waals surface area (Å²) in [6.45, 7) is 6.85. The van der Waals surface area contributed by atoms with E-state index >= 15 is 0 Å². The third kappa shape index (κ3) is 3.57. The van der Waals surface area contributed by atoms with Gasteiger partial charge in [0.2, 0.25) is 5.91 Å². The second-order valence-corrected chi connectivity index (χ2v) is 7.66. The third-order valence-corrected chi connectivity index (χ3v) is 4.27. The molecule has 2 rings (SSSR count). The molecular formula is C18H21ClN2O4. The van der Waals surface area contributed by atoms with Gasteiger partial charge in [-0.2, -0.15) is 5.26 Å². The maximum absolute atomic E-state index is 13.1. The number of nitriles is 1. The van der Waals surface area contributed by atoms with Gasteiger partial charge in [-0.05, 0) is 57.9 Å². The Morgan fingerprint density at radius 3 is 2.60 bits per heavy atom. The number of imide groups is 1. The predicted octanol–water partition coefficient (Wildman–Crippen LogP) is 3.76. The predicted molar refractivity (Wildman–Crippen MR) is 93.9 cm³/mol. The Hall–Kier alpha value is -2.26. The van der Waals surface area contributed by atoms with Gasteiger partial charge in [0, 0.05) is 0 Å². The number of rotatable bonds is 3. The average molecular weight is 365 g/mol. The number of benzene rings is 1. The molecule has 1 aliphatic heterocycles. The van der Waals surface area contributed by atoms with Crippen molar-refractivity contribution >= 4 is 29.3 Å². The number of alkyl halides is 1. The van der Waals surface area contributed by atoms with Crippen molar-refractivity contribution in [1.29, 1.82) is 5.26 Å². The van der Waals surface area contributed by atoms with Gasteiger partial charge >= 0.3 is 6.09 Å². The standard InChI is InChI=1S/C18H21ClN2O4/c1-17(2,3)25-16(23)21-14-7-6-12(24-5)8-13(14)18(4,15(21)22)9-11(19)10-20/h6-8,11H,9H2,1-5H3/t11-,18-/m0/s1. The highest BCUT2D eigenvalue weighted by molar-refractivity contribution is 6.24. The van der Waals surface area contributed by atoms with Gasteiger partial charge in [0.15, 0.2) is 0 Å². The maximum atomic E-state index is 13.1. The Morgan fingerprint density at radius 2 is 2.08 bits per heavy atom. The number of amides is 2. The second-order valence-electron chi connectivity index (χ2n) is 7.14. The Bertz CT molecular complexity index is 750.